The Balaban J connectivity index is 3.71. The molecule has 107 valence electrons. The molecule has 0 N–H and O–H groups in total. The van der Waals surface area contributed by atoms with Crippen molar-refractivity contribution >= 4 is 11.6 Å². The quantitative estimate of drug-likeness (QED) is 0.637. The first kappa shape index (κ1) is 16.1. The third kappa shape index (κ3) is 2.52. The minimum absolute atomic E-state index is 0.124. The topological polar surface area (TPSA) is 0 Å². The van der Waals surface area contributed by atoms with Gasteiger partial charge < -0.3 is 0 Å². The van der Waals surface area contributed by atoms with Gasteiger partial charge in [0.2, 0.25) is 0 Å². The van der Waals surface area contributed by atoms with Crippen LogP contribution in [0, 0.1) is 19.9 Å². The van der Waals surface area contributed by atoms with Gasteiger partial charge in [-0.2, -0.15) is 26.3 Å². The molecule has 1 radical (unpaired) electrons. The fourth-order valence-corrected chi connectivity index (χ4v) is 1.82. The first-order valence-electron chi connectivity index (χ1n) is 4.84. The van der Waals surface area contributed by atoms with Crippen LogP contribution in [0.1, 0.15) is 16.7 Å². The lowest BCUT2D eigenvalue weighted by Crippen LogP contribution is -2.50. The largest absolute Gasteiger partial charge is 0.435 e. The highest BCUT2D eigenvalue weighted by atomic mass is 35.5. The van der Waals surface area contributed by atoms with Gasteiger partial charge >= 0.3 is 18.0 Å². The van der Waals surface area contributed by atoms with Crippen molar-refractivity contribution in [3.8, 4) is 0 Å². The van der Waals surface area contributed by atoms with Crippen LogP contribution >= 0.6 is 11.6 Å². The number of alkyl halides is 7. The van der Waals surface area contributed by atoms with E-state index in [1.54, 1.807) is 0 Å². The Morgan fingerprint density at radius 2 is 1.37 bits per heavy atom. The van der Waals surface area contributed by atoms with E-state index in [2.05, 4.69) is 6.07 Å². The Hall–Kier alpha value is -0.980. The first-order valence-corrected chi connectivity index (χ1v) is 5.22. The zero-order valence-electron chi connectivity index (χ0n) is 9.60. The van der Waals surface area contributed by atoms with Crippen molar-refractivity contribution in [3.63, 3.8) is 0 Å². The summed E-state index contributed by atoms with van der Waals surface area (Å²) < 4.78 is 89.3. The van der Waals surface area contributed by atoms with Gasteiger partial charge in [0, 0.05) is 11.6 Å². The summed E-state index contributed by atoms with van der Waals surface area (Å²) in [5.74, 6) is 0. The zero-order chi connectivity index (χ0) is 15.2. The highest BCUT2D eigenvalue weighted by Gasteiger charge is 2.74. The zero-order valence-corrected chi connectivity index (χ0v) is 10.4. The van der Waals surface area contributed by atoms with E-state index in [9.17, 15) is 30.7 Å². The van der Waals surface area contributed by atoms with Crippen LogP contribution in [0.5, 0.6) is 0 Å². The Morgan fingerprint density at radius 3 is 1.74 bits per heavy atom. The van der Waals surface area contributed by atoms with Crippen LogP contribution in [0.2, 0.25) is 5.02 Å². The van der Waals surface area contributed by atoms with Gasteiger partial charge in [0.15, 0.2) is 0 Å². The van der Waals surface area contributed by atoms with E-state index < -0.39 is 34.2 Å². The molecule has 1 aromatic carbocycles. The number of benzene rings is 1. The SMILES string of the molecule is Cc1[c]c(Cl)c(C)c(C(F)(C(F)(F)F)C(F)(F)F)c1. The lowest BCUT2D eigenvalue weighted by Gasteiger charge is -2.31. The second-order valence-corrected chi connectivity index (χ2v) is 4.34. The van der Waals surface area contributed by atoms with Crippen LogP contribution in [0.4, 0.5) is 30.7 Å². The van der Waals surface area contributed by atoms with E-state index in [4.69, 9.17) is 11.6 Å². The van der Waals surface area contributed by atoms with Gasteiger partial charge in [-0.25, -0.2) is 4.39 Å². The molecular weight excluding hydrogens is 301 g/mol. The molecule has 0 aliphatic heterocycles. The van der Waals surface area contributed by atoms with Gasteiger partial charge in [0.25, 0.3) is 0 Å². The summed E-state index contributed by atoms with van der Waals surface area (Å²) in [5.41, 5.74) is -7.80. The van der Waals surface area contributed by atoms with E-state index in [0.29, 0.717) is 6.07 Å². The van der Waals surface area contributed by atoms with Crippen LogP contribution < -0.4 is 0 Å². The van der Waals surface area contributed by atoms with Crippen molar-refractivity contribution in [1.82, 2.24) is 0 Å². The highest BCUT2D eigenvalue weighted by molar-refractivity contribution is 6.31. The van der Waals surface area contributed by atoms with E-state index in [-0.39, 0.29) is 5.56 Å². The molecule has 0 saturated carbocycles. The lowest BCUT2D eigenvalue weighted by molar-refractivity contribution is -0.348. The molecule has 1 rings (SSSR count). The highest BCUT2D eigenvalue weighted by Crippen LogP contribution is 2.54. The Labute approximate surface area is 109 Å². The Bertz CT molecular complexity index is 473. The molecule has 0 heterocycles. The van der Waals surface area contributed by atoms with Crippen molar-refractivity contribution < 1.29 is 30.7 Å². The number of hydrogen-bond donors (Lipinski definition) is 0. The molecule has 0 nitrogen and oxygen atoms in total. The van der Waals surface area contributed by atoms with Gasteiger partial charge in [-0.1, -0.05) is 17.7 Å². The van der Waals surface area contributed by atoms with Gasteiger partial charge in [0.1, 0.15) is 0 Å². The lowest BCUT2D eigenvalue weighted by atomic mass is 9.89. The average Bonchev–Trinajstić information content (AvgIpc) is 2.18. The van der Waals surface area contributed by atoms with Crippen molar-refractivity contribution in [2.75, 3.05) is 0 Å². The fraction of sp³-hybridized carbons (Fsp3) is 0.455. The minimum Gasteiger partial charge on any atom is -0.218 e. The molecule has 0 saturated heterocycles. The molecule has 0 aromatic heterocycles. The second-order valence-electron chi connectivity index (χ2n) is 3.96. The van der Waals surface area contributed by atoms with Gasteiger partial charge in [-0.15, -0.1) is 0 Å². The monoisotopic (exact) mass is 307 g/mol. The van der Waals surface area contributed by atoms with Crippen LogP contribution in [0.15, 0.2) is 6.07 Å². The minimum atomic E-state index is -6.15. The second kappa shape index (κ2) is 4.54. The van der Waals surface area contributed by atoms with E-state index in [0.717, 1.165) is 6.92 Å². The number of halogens is 8. The van der Waals surface area contributed by atoms with Crippen molar-refractivity contribution in [3.05, 3.63) is 33.8 Å². The van der Waals surface area contributed by atoms with E-state index in [1.807, 2.05) is 0 Å². The summed E-state index contributed by atoms with van der Waals surface area (Å²) in [4.78, 5) is 0. The average molecular weight is 308 g/mol. The van der Waals surface area contributed by atoms with Crippen LogP contribution in [-0.4, -0.2) is 12.4 Å². The summed E-state index contributed by atoms with van der Waals surface area (Å²) >= 11 is 5.47. The Morgan fingerprint density at radius 1 is 0.947 bits per heavy atom. The fourth-order valence-electron chi connectivity index (χ4n) is 1.57. The van der Waals surface area contributed by atoms with Crippen LogP contribution in [-0.2, 0) is 5.67 Å². The van der Waals surface area contributed by atoms with E-state index >= 15 is 0 Å². The van der Waals surface area contributed by atoms with Crippen molar-refractivity contribution in [2.24, 2.45) is 0 Å². The molecule has 0 aliphatic carbocycles. The summed E-state index contributed by atoms with van der Waals surface area (Å²) in [6.07, 6.45) is -12.3. The summed E-state index contributed by atoms with van der Waals surface area (Å²) in [6.45, 7) is 2.04. The molecule has 0 amide bonds. The maximum atomic E-state index is 13.8. The predicted molar refractivity (Wildman–Crippen MR) is 54.7 cm³/mol. The predicted octanol–water partition coefficient (Wildman–Crippen LogP) is 5.05. The standard InChI is InChI=1S/C11H7ClF7/c1-5-3-7(6(2)8(12)4-5)9(13,10(14,15)16)11(17,18)19/h3H,1-2H3. The van der Waals surface area contributed by atoms with Gasteiger partial charge in [-0.3, -0.25) is 0 Å². The first-order chi connectivity index (χ1) is 8.32. The molecule has 19 heavy (non-hydrogen) atoms. The molecule has 0 aliphatic rings. The summed E-state index contributed by atoms with van der Waals surface area (Å²) in [6, 6.07) is 2.76. The maximum Gasteiger partial charge on any atom is 0.435 e. The third-order valence-electron chi connectivity index (χ3n) is 2.55. The molecule has 0 bridgehead atoms. The molecule has 0 atom stereocenters. The third-order valence-corrected chi connectivity index (χ3v) is 2.93. The molecule has 8 heteroatoms. The smallest absolute Gasteiger partial charge is 0.218 e. The van der Waals surface area contributed by atoms with Crippen LogP contribution in [0.25, 0.3) is 0 Å². The van der Waals surface area contributed by atoms with Gasteiger partial charge in [0.05, 0.1) is 5.02 Å². The van der Waals surface area contributed by atoms with Crippen molar-refractivity contribution in [1.29, 1.82) is 0 Å². The molecule has 0 unspecified atom stereocenters. The normalized spacial score (nSPS) is 13.8. The maximum absolute atomic E-state index is 13.8. The molecule has 0 fully saturated rings. The summed E-state index contributed by atoms with van der Waals surface area (Å²) in [5, 5.41) is -0.481. The van der Waals surface area contributed by atoms with Crippen LogP contribution in [0.3, 0.4) is 0 Å². The number of aryl methyl sites for hydroxylation is 1. The number of rotatable bonds is 1. The Kier molecular flexibility index (Phi) is 3.84. The van der Waals surface area contributed by atoms with E-state index in [1.165, 1.54) is 6.92 Å². The number of hydrogen-bond acceptors (Lipinski definition) is 0. The van der Waals surface area contributed by atoms with Gasteiger partial charge in [-0.05, 0) is 25.0 Å². The molecular formula is C11H7ClF7. The summed E-state index contributed by atoms with van der Waals surface area (Å²) in [7, 11) is 0. The molecule has 0 spiro atoms. The molecule has 1 aromatic rings. The van der Waals surface area contributed by atoms with Crippen molar-refractivity contribution in [2.45, 2.75) is 31.9 Å².